The summed E-state index contributed by atoms with van der Waals surface area (Å²) >= 11 is 1.13. The first-order valence-corrected chi connectivity index (χ1v) is 15.3. The summed E-state index contributed by atoms with van der Waals surface area (Å²) in [5.41, 5.74) is 1.28. The molecule has 0 spiro atoms. The minimum absolute atomic E-state index is 0.0243. The zero-order chi connectivity index (χ0) is 29.7. The molecular formula is C28H33FN4O6S2. The molecule has 4 rings (SSSR count). The Morgan fingerprint density at radius 3 is 2.54 bits per heavy atom. The van der Waals surface area contributed by atoms with Crippen LogP contribution in [0.25, 0.3) is 0 Å². The van der Waals surface area contributed by atoms with E-state index in [-0.39, 0.29) is 42.2 Å². The van der Waals surface area contributed by atoms with E-state index in [9.17, 15) is 27.5 Å². The number of ether oxygens (including phenoxy) is 1. The number of halogens is 1. The molecule has 0 radical (unpaired) electrons. The Labute approximate surface area is 242 Å². The van der Waals surface area contributed by atoms with E-state index in [1.54, 1.807) is 47.5 Å². The maximum atomic E-state index is 13.4. The van der Waals surface area contributed by atoms with Crippen molar-refractivity contribution in [1.82, 2.24) is 9.21 Å². The van der Waals surface area contributed by atoms with E-state index in [0.29, 0.717) is 22.7 Å². The molecule has 1 aliphatic rings. The van der Waals surface area contributed by atoms with Gasteiger partial charge in [-0.3, -0.25) is 4.79 Å². The summed E-state index contributed by atoms with van der Waals surface area (Å²) in [6, 6.07) is 12.4. The molecule has 0 bridgehead atoms. The Hall–Kier alpha value is -3.52. The number of hydrogen-bond donors (Lipinski definition) is 3. The number of thiophene rings is 1. The Balaban J connectivity index is 1.60. The smallest absolute Gasteiger partial charge is 0.323 e. The quantitative estimate of drug-likeness (QED) is 0.357. The van der Waals surface area contributed by atoms with Crippen LogP contribution in [0.3, 0.4) is 0 Å². The van der Waals surface area contributed by atoms with Gasteiger partial charge in [-0.15, -0.1) is 11.3 Å². The van der Waals surface area contributed by atoms with E-state index in [1.807, 2.05) is 6.92 Å². The van der Waals surface area contributed by atoms with Gasteiger partial charge in [0.15, 0.2) is 0 Å². The lowest BCUT2D eigenvalue weighted by molar-refractivity contribution is -0.134. The van der Waals surface area contributed by atoms with Gasteiger partial charge in [0.25, 0.3) is 10.0 Å². The Morgan fingerprint density at radius 2 is 1.88 bits per heavy atom. The number of hydrogen-bond acceptors (Lipinski definition) is 7. The fraction of sp³-hybridized carbons (Fsp3) is 0.357. The van der Waals surface area contributed by atoms with Crippen molar-refractivity contribution >= 4 is 44.7 Å². The normalized spacial score (nSPS) is 18.5. The number of benzene rings is 2. The topological polar surface area (TPSA) is 128 Å². The molecule has 0 saturated carbocycles. The largest absolute Gasteiger partial charge is 0.488 e. The van der Waals surface area contributed by atoms with E-state index >= 15 is 0 Å². The lowest BCUT2D eigenvalue weighted by Crippen LogP contribution is -2.48. The Bertz CT molecular complexity index is 1470. The summed E-state index contributed by atoms with van der Waals surface area (Å²) in [6.07, 6.45) is -0.689. The molecule has 0 saturated heterocycles. The molecule has 1 aliphatic heterocycles. The molecule has 41 heavy (non-hydrogen) atoms. The van der Waals surface area contributed by atoms with Gasteiger partial charge in [-0.2, -0.15) is 4.31 Å². The molecule has 2 aromatic carbocycles. The number of rotatable bonds is 8. The lowest BCUT2D eigenvalue weighted by atomic mass is 10.0. The van der Waals surface area contributed by atoms with Crippen LogP contribution < -0.4 is 15.4 Å². The van der Waals surface area contributed by atoms with Crippen molar-refractivity contribution in [3.63, 3.8) is 0 Å². The van der Waals surface area contributed by atoms with E-state index < -0.39 is 34.0 Å². The number of urea groups is 1. The van der Waals surface area contributed by atoms with Gasteiger partial charge in [0.2, 0.25) is 5.91 Å². The Kier molecular flexibility index (Phi) is 9.64. The maximum Gasteiger partial charge on any atom is 0.323 e. The first-order chi connectivity index (χ1) is 19.5. The van der Waals surface area contributed by atoms with Gasteiger partial charge in [0, 0.05) is 36.4 Å². The number of fused-ring (bicyclic) bond motifs is 1. The molecule has 3 atom stereocenters. The van der Waals surface area contributed by atoms with Crippen LogP contribution in [0.5, 0.6) is 5.75 Å². The molecule has 3 aromatic rings. The number of nitrogens with zero attached hydrogens (tertiary/aromatic N) is 2. The molecular weight excluding hydrogens is 571 g/mol. The summed E-state index contributed by atoms with van der Waals surface area (Å²) in [7, 11) is -2.25. The molecule has 10 nitrogen and oxygen atoms in total. The minimum Gasteiger partial charge on any atom is -0.488 e. The van der Waals surface area contributed by atoms with Crippen molar-refractivity contribution in [1.29, 1.82) is 0 Å². The average Bonchev–Trinajstić information content (AvgIpc) is 3.49. The number of amides is 3. The average molecular weight is 605 g/mol. The SMILES string of the molecule is C[C@@H]1CN([C@@H](C)CO)C(=O)Cc2cc(NC(=O)Nc3ccc(F)cc3)ccc2O[C@@H]1CN(C)S(=O)(=O)c1cccs1. The molecule has 3 N–H and O–H groups in total. The highest BCUT2D eigenvalue weighted by atomic mass is 32.2. The summed E-state index contributed by atoms with van der Waals surface area (Å²) in [6.45, 7) is 3.65. The molecule has 0 aliphatic carbocycles. The molecule has 1 aromatic heterocycles. The van der Waals surface area contributed by atoms with Gasteiger partial charge in [-0.05, 0) is 60.8 Å². The second-order valence-corrected chi connectivity index (χ2v) is 13.2. The van der Waals surface area contributed by atoms with Crippen LogP contribution in [-0.4, -0.2) is 73.6 Å². The third-order valence-corrected chi connectivity index (χ3v) is 10.1. The Morgan fingerprint density at radius 1 is 1.20 bits per heavy atom. The molecule has 2 heterocycles. The number of likely N-dealkylation sites (N-methyl/N-ethyl adjacent to an activating group) is 1. The molecule has 0 fully saturated rings. The van der Waals surface area contributed by atoms with E-state index in [2.05, 4.69) is 10.6 Å². The first kappa shape index (κ1) is 30.4. The summed E-state index contributed by atoms with van der Waals surface area (Å²) in [5, 5.41) is 16.9. The number of nitrogens with one attached hydrogen (secondary N) is 2. The monoisotopic (exact) mass is 604 g/mol. The number of sulfonamides is 1. The summed E-state index contributed by atoms with van der Waals surface area (Å²) < 4.78 is 47.3. The second kappa shape index (κ2) is 13.0. The van der Waals surface area contributed by atoms with Gasteiger partial charge in [0.1, 0.15) is 21.9 Å². The van der Waals surface area contributed by atoms with Crippen molar-refractivity contribution in [2.24, 2.45) is 5.92 Å². The van der Waals surface area contributed by atoms with Gasteiger partial charge < -0.3 is 25.4 Å². The number of carbonyl (C=O) groups is 2. The van der Waals surface area contributed by atoms with Crippen LogP contribution in [0, 0.1) is 11.7 Å². The highest BCUT2D eigenvalue weighted by Gasteiger charge is 2.33. The van der Waals surface area contributed by atoms with Crippen molar-refractivity contribution < 1.29 is 32.2 Å². The highest BCUT2D eigenvalue weighted by Crippen LogP contribution is 2.30. The third-order valence-electron chi connectivity index (χ3n) is 6.87. The maximum absolute atomic E-state index is 13.4. The predicted molar refractivity (Wildman–Crippen MR) is 155 cm³/mol. The summed E-state index contributed by atoms with van der Waals surface area (Å²) in [4.78, 5) is 27.5. The standard InChI is InChI=1S/C28H33FN4O6S2/c1-18-15-33(19(2)17-34)26(35)14-20-13-23(31-28(36)30-22-8-6-21(29)7-9-22)10-11-24(20)39-25(18)16-32(3)41(37,38)27-5-4-12-40-27/h4-13,18-19,25,34H,14-17H2,1-3H3,(H2,30,31,36)/t18-,19+,25-/m1/s1. The molecule has 220 valence electrons. The van der Waals surface area contributed by atoms with Crippen LogP contribution in [0.15, 0.2) is 64.2 Å². The lowest BCUT2D eigenvalue weighted by Gasteiger charge is -2.33. The van der Waals surface area contributed by atoms with Gasteiger partial charge in [-0.25, -0.2) is 17.6 Å². The predicted octanol–water partition coefficient (Wildman–Crippen LogP) is 4.00. The van der Waals surface area contributed by atoms with Gasteiger partial charge in [0.05, 0.1) is 25.6 Å². The molecule has 3 amide bonds. The van der Waals surface area contributed by atoms with Crippen molar-refractivity contribution in [2.45, 2.75) is 36.6 Å². The highest BCUT2D eigenvalue weighted by molar-refractivity contribution is 7.91. The number of carbonyl (C=O) groups excluding carboxylic acids is 2. The van der Waals surface area contributed by atoms with Gasteiger partial charge >= 0.3 is 6.03 Å². The van der Waals surface area contributed by atoms with Crippen LogP contribution in [0.1, 0.15) is 19.4 Å². The number of aliphatic hydroxyl groups is 1. The zero-order valence-corrected chi connectivity index (χ0v) is 24.5. The molecule has 0 unspecified atom stereocenters. The first-order valence-electron chi connectivity index (χ1n) is 13.0. The zero-order valence-electron chi connectivity index (χ0n) is 22.9. The fourth-order valence-electron chi connectivity index (χ4n) is 4.47. The fourth-order valence-corrected chi connectivity index (χ4v) is 6.85. The minimum atomic E-state index is -3.74. The van der Waals surface area contributed by atoms with Crippen LogP contribution in [-0.2, 0) is 21.2 Å². The van der Waals surface area contributed by atoms with Gasteiger partial charge in [-0.1, -0.05) is 13.0 Å². The van der Waals surface area contributed by atoms with Crippen molar-refractivity contribution in [3.05, 3.63) is 71.4 Å². The number of aliphatic hydroxyl groups excluding tert-OH is 1. The van der Waals surface area contributed by atoms with Crippen LogP contribution >= 0.6 is 11.3 Å². The van der Waals surface area contributed by atoms with Crippen LogP contribution in [0.2, 0.25) is 0 Å². The third kappa shape index (κ3) is 7.41. The van der Waals surface area contributed by atoms with Crippen molar-refractivity contribution in [2.75, 3.05) is 37.4 Å². The summed E-state index contributed by atoms with van der Waals surface area (Å²) in [5.74, 6) is -0.568. The second-order valence-electron chi connectivity index (χ2n) is 10.0. The van der Waals surface area contributed by atoms with E-state index in [4.69, 9.17) is 4.74 Å². The van der Waals surface area contributed by atoms with Crippen LogP contribution in [0.4, 0.5) is 20.6 Å². The number of anilines is 2. The van der Waals surface area contributed by atoms with E-state index in [1.165, 1.54) is 35.6 Å². The van der Waals surface area contributed by atoms with E-state index in [0.717, 1.165) is 11.3 Å². The van der Waals surface area contributed by atoms with Crippen molar-refractivity contribution in [3.8, 4) is 5.75 Å². The molecule has 13 heteroatoms.